The Labute approximate surface area is 135 Å². The number of amides is 2. The van der Waals surface area contributed by atoms with E-state index in [9.17, 15) is 4.79 Å². The van der Waals surface area contributed by atoms with Gasteiger partial charge in [-0.05, 0) is 48.4 Å². The number of carbonyl (C=O) groups excluding carboxylic acids is 1. The van der Waals surface area contributed by atoms with E-state index in [2.05, 4.69) is 10.6 Å². The van der Waals surface area contributed by atoms with Crippen LogP contribution in [0, 0.1) is 0 Å². The molecule has 0 spiro atoms. The molecule has 0 saturated carbocycles. The minimum atomic E-state index is -0.245. The molecule has 0 aliphatic heterocycles. The summed E-state index contributed by atoms with van der Waals surface area (Å²) in [5.74, 6) is 0.796. The molecule has 0 heterocycles. The van der Waals surface area contributed by atoms with Crippen molar-refractivity contribution in [2.24, 2.45) is 0 Å². The SMILES string of the molecule is CC[C@@H](NC(=O)Nc1ccc(Cl)cc1)c1ccc(OC)cc1. The Kier molecular flexibility index (Phi) is 5.67. The van der Waals surface area contributed by atoms with Crippen LogP contribution in [-0.4, -0.2) is 13.1 Å². The molecule has 0 bridgehead atoms. The standard InChI is InChI=1S/C17H19ClN2O2/c1-3-16(12-4-10-15(22-2)11-5-12)20-17(21)19-14-8-6-13(18)7-9-14/h4-11,16H,3H2,1-2H3,(H2,19,20,21)/t16-/m1/s1. The van der Waals surface area contributed by atoms with Crippen molar-refractivity contribution in [1.82, 2.24) is 5.32 Å². The average molecular weight is 319 g/mol. The van der Waals surface area contributed by atoms with E-state index in [-0.39, 0.29) is 12.1 Å². The van der Waals surface area contributed by atoms with Gasteiger partial charge in [0, 0.05) is 10.7 Å². The maximum Gasteiger partial charge on any atom is 0.319 e. The van der Waals surface area contributed by atoms with E-state index in [1.54, 1.807) is 31.4 Å². The molecule has 0 aliphatic rings. The van der Waals surface area contributed by atoms with Gasteiger partial charge in [0.2, 0.25) is 0 Å². The molecule has 2 aromatic rings. The van der Waals surface area contributed by atoms with E-state index in [4.69, 9.17) is 16.3 Å². The van der Waals surface area contributed by atoms with Crippen LogP contribution in [0.25, 0.3) is 0 Å². The van der Waals surface area contributed by atoms with Crippen LogP contribution in [0.3, 0.4) is 0 Å². The molecule has 22 heavy (non-hydrogen) atoms. The fourth-order valence-corrected chi connectivity index (χ4v) is 2.24. The highest BCUT2D eigenvalue weighted by molar-refractivity contribution is 6.30. The summed E-state index contributed by atoms with van der Waals surface area (Å²) in [5, 5.41) is 6.39. The van der Waals surface area contributed by atoms with E-state index >= 15 is 0 Å². The Balaban J connectivity index is 1.99. The monoisotopic (exact) mass is 318 g/mol. The van der Waals surface area contributed by atoms with Gasteiger partial charge in [-0.15, -0.1) is 0 Å². The lowest BCUT2D eigenvalue weighted by Crippen LogP contribution is -2.32. The smallest absolute Gasteiger partial charge is 0.319 e. The molecule has 2 amide bonds. The number of hydrogen-bond donors (Lipinski definition) is 2. The molecular formula is C17H19ClN2O2. The van der Waals surface area contributed by atoms with Crippen molar-refractivity contribution in [2.45, 2.75) is 19.4 Å². The molecule has 2 aromatic carbocycles. The number of benzene rings is 2. The highest BCUT2D eigenvalue weighted by Crippen LogP contribution is 2.20. The summed E-state index contributed by atoms with van der Waals surface area (Å²) in [7, 11) is 1.63. The fourth-order valence-electron chi connectivity index (χ4n) is 2.12. The van der Waals surface area contributed by atoms with Gasteiger partial charge in [-0.3, -0.25) is 0 Å². The maximum atomic E-state index is 12.1. The van der Waals surface area contributed by atoms with Crippen molar-refractivity contribution in [1.29, 1.82) is 0 Å². The van der Waals surface area contributed by atoms with Crippen molar-refractivity contribution in [2.75, 3.05) is 12.4 Å². The number of methoxy groups -OCH3 is 1. The van der Waals surface area contributed by atoms with E-state index < -0.39 is 0 Å². The van der Waals surface area contributed by atoms with E-state index in [1.807, 2.05) is 31.2 Å². The van der Waals surface area contributed by atoms with Crippen molar-refractivity contribution < 1.29 is 9.53 Å². The van der Waals surface area contributed by atoms with Crippen LogP contribution < -0.4 is 15.4 Å². The summed E-state index contributed by atoms with van der Waals surface area (Å²) in [6.07, 6.45) is 0.792. The first-order valence-corrected chi connectivity index (χ1v) is 7.47. The lowest BCUT2D eigenvalue weighted by atomic mass is 10.0. The Morgan fingerprint density at radius 3 is 2.32 bits per heavy atom. The summed E-state index contributed by atoms with van der Waals surface area (Å²) in [6.45, 7) is 2.03. The van der Waals surface area contributed by atoms with Gasteiger partial charge in [0.1, 0.15) is 5.75 Å². The van der Waals surface area contributed by atoms with Crippen molar-refractivity contribution >= 4 is 23.3 Å². The maximum absolute atomic E-state index is 12.1. The van der Waals surface area contributed by atoms with Gasteiger partial charge in [0.25, 0.3) is 0 Å². The van der Waals surface area contributed by atoms with Crippen LogP contribution in [0.5, 0.6) is 5.75 Å². The third kappa shape index (κ3) is 4.40. The number of nitrogens with one attached hydrogen (secondary N) is 2. The Bertz CT molecular complexity index is 612. The summed E-state index contributed by atoms with van der Waals surface area (Å²) in [6, 6.07) is 14.4. The number of ether oxygens (including phenoxy) is 1. The highest BCUT2D eigenvalue weighted by Gasteiger charge is 2.12. The second-order valence-corrected chi connectivity index (χ2v) is 5.28. The van der Waals surface area contributed by atoms with Crippen LogP contribution in [0.15, 0.2) is 48.5 Å². The second-order valence-electron chi connectivity index (χ2n) is 4.84. The zero-order valence-electron chi connectivity index (χ0n) is 12.6. The molecule has 0 unspecified atom stereocenters. The Hall–Kier alpha value is -2.20. The van der Waals surface area contributed by atoms with Crippen LogP contribution >= 0.6 is 11.6 Å². The van der Waals surface area contributed by atoms with Gasteiger partial charge in [0.15, 0.2) is 0 Å². The van der Waals surface area contributed by atoms with Gasteiger partial charge in [-0.25, -0.2) is 4.79 Å². The van der Waals surface area contributed by atoms with Crippen molar-refractivity contribution in [3.8, 4) is 5.75 Å². The molecule has 0 aromatic heterocycles. The summed E-state index contributed by atoms with van der Waals surface area (Å²) in [5.41, 5.74) is 1.74. The second kappa shape index (κ2) is 7.71. The first kappa shape index (κ1) is 16.2. The molecule has 5 heteroatoms. The van der Waals surface area contributed by atoms with Crippen molar-refractivity contribution in [3.63, 3.8) is 0 Å². The number of hydrogen-bond acceptors (Lipinski definition) is 2. The van der Waals surface area contributed by atoms with Gasteiger partial charge in [0.05, 0.1) is 13.2 Å². The number of urea groups is 1. The first-order valence-electron chi connectivity index (χ1n) is 7.09. The Morgan fingerprint density at radius 1 is 1.14 bits per heavy atom. The van der Waals surface area contributed by atoms with Crippen LogP contribution in [-0.2, 0) is 0 Å². The van der Waals surface area contributed by atoms with E-state index in [0.29, 0.717) is 10.7 Å². The summed E-state index contributed by atoms with van der Waals surface area (Å²) < 4.78 is 5.14. The lowest BCUT2D eigenvalue weighted by molar-refractivity contribution is 0.248. The number of halogens is 1. The lowest BCUT2D eigenvalue weighted by Gasteiger charge is -2.18. The number of anilines is 1. The molecule has 4 nitrogen and oxygen atoms in total. The van der Waals surface area contributed by atoms with Gasteiger partial charge in [-0.2, -0.15) is 0 Å². The average Bonchev–Trinajstić information content (AvgIpc) is 2.55. The third-order valence-electron chi connectivity index (χ3n) is 3.33. The molecular weight excluding hydrogens is 300 g/mol. The molecule has 0 fully saturated rings. The molecule has 0 saturated heterocycles. The largest absolute Gasteiger partial charge is 0.497 e. The Morgan fingerprint density at radius 2 is 1.77 bits per heavy atom. The molecule has 2 rings (SSSR count). The molecule has 0 radical (unpaired) electrons. The topological polar surface area (TPSA) is 50.4 Å². The predicted molar refractivity (Wildman–Crippen MR) is 89.6 cm³/mol. The quantitative estimate of drug-likeness (QED) is 0.845. The summed E-state index contributed by atoms with van der Waals surface area (Å²) >= 11 is 5.82. The fraction of sp³-hybridized carbons (Fsp3) is 0.235. The van der Waals surface area contributed by atoms with Crippen LogP contribution in [0.4, 0.5) is 10.5 Å². The molecule has 2 N–H and O–H groups in total. The highest BCUT2D eigenvalue weighted by atomic mass is 35.5. The van der Waals surface area contributed by atoms with E-state index in [0.717, 1.165) is 17.7 Å². The minimum Gasteiger partial charge on any atom is -0.497 e. The molecule has 0 aliphatic carbocycles. The van der Waals surface area contributed by atoms with Gasteiger partial charge >= 0.3 is 6.03 Å². The normalized spacial score (nSPS) is 11.6. The minimum absolute atomic E-state index is 0.0572. The first-order chi connectivity index (χ1) is 10.6. The number of rotatable bonds is 5. The van der Waals surface area contributed by atoms with Crippen molar-refractivity contribution in [3.05, 3.63) is 59.1 Å². The zero-order valence-corrected chi connectivity index (χ0v) is 13.4. The van der Waals surface area contributed by atoms with Gasteiger partial charge < -0.3 is 15.4 Å². The zero-order chi connectivity index (χ0) is 15.9. The van der Waals surface area contributed by atoms with Gasteiger partial charge in [-0.1, -0.05) is 30.7 Å². The summed E-state index contributed by atoms with van der Waals surface area (Å²) in [4.78, 5) is 12.1. The van der Waals surface area contributed by atoms with E-state index in [1.165, 1.54) is 0 Å². The van der Waals surface area contributed by atoms with Crippen LogP contribution in [0.1, 0.15) is 24.9 Å². The molecule has 116 valence electrons. The third-order valence-corrected chi connectivity index (χ3v) is 3.59. The number of carbonyl (C=O) groups is 1. The predicted octanol–water partition coefficient (Wildman–Crippen LogP) is 4.62. The molecule has 1 atom stereocenters. The van der Waals surface area contributed by atoms with Crippen LogP contribution in [0.2, 0.25) is 5.02 Å².